The summed E-state index contributed by atoms with van der Waals surface area (Å²) in [5, 5.41) is 3.15. The maximum Gasteiger partial charge on any atom is 0.151 e. The molecule has 0 aliphatic carbocycles. The molecule has 0 radical (unpaired) electrons. The van der Waals surface area contributed by atoms with Crippen molar-refractivity contribution < 1.29 is 13.2 Å². The molecule has 0 rings (SSSR count). The van der Waals surface area contributed by atoms with Crippen LogP contribution in [0.5, 0.6) is 0 Å². The van der Waals surface area contributed by atoms with E-state index in [9.17, 15) is 8.42 Å². The first-order chi connectivity index (χ1) is 6.33. The summed E-state index contributed by atoms with van der Waals surface area (Å²) in [4.78, 5) is 0. The van der Waals surface area contributed by atoms with Crippen LogP contribution < -0.4 is 5.32 Å². The van der Waals surface area contributed by atoms with Crippen molar-refractivity contribution in [1.82, 2.24) is 5.32 Å². The van der Waals surface area contributed by atoms with Crippen LogP contribution in [0.25, 0.3) is 0 Å². The third-order valence-electron chi connectivity index (χ3n) is 1.96. The van der Waals surface area contributed by atoms with Crippen LogP contribution in [0.15, 0.2) is 0 Å². The third kappa shape index (κ3) is 6.34. The molecule has 0 amide bonds. The van der Waals surface area contributed by atoms with Crippen molar-refractivity contribution in [3.63, 3.8) is 0 Å². The summed E-state index contributed by atoms with van der Waals surface area (Å²) in [6, 6.07) is 0. The van der Waals surface area contributed by atoms with Gasteiger partial charge in [0, 0.05) is 24.9 Å². The lowest BCUT2D eigenvalue weighted by Gasteiger charge is -2.25. The Morgan fingerprint density at radius 2 is 1.93 bits per heavy atom. The predicted molar refractivity (Wildman–Crippen MR) is 58.3 cm³/mol. The van der Waals surface area contributed by atoms with E-state index in [1.54, 1.807) is 14.0 Å². The molecule has 0 aliphatic rings. The van der Waals surface area contributed by atoms with Crippen molar-refractivity contribution in [1.29, 1.82) is 0 Å². The van der Waals surface area contributed by atoms with E-state index in [1.807, 2.05) is 13.8 Å². The standard InChI is InChI=1S/C9H21NO3S/c1-5-14(11,12)7-6-10-9(2,3)8-13-4/h10H,5-8H2,1-4H3. The van der Waals surface area contributed by atoms with Crippen molar-refractivity contribution in [3.05, 3.63) is 0 Å². The zero-order valence-corrected chi connectivity index (χ0v) is 10.3. The Kier molecular flexibility index (Phi) is 5.63. The normalized spacial score (nSPS) is 13.1. The first kappa shape index (κ1) is 13.9. The number of hydrogen-bond donors (Lipinski definition) is 1. The fraction of sp³-hybridized carbons (Fsp3) is 1.00. The Labute approximate surface area is 86.9 Å². The van der Waals surface area contributed by atoms with Gasteiger partial charge in [0.2, 0.25) is 0 Å². The number of hydrogen-bond acceptors (Lipinski definition) is 4. The van der Waals surface area contributed by atoms with Gasteiger partial charge < -0.3 is 10.1 Å². The minimum absolute atomic E-state index is 0.169. The van der Waals surface area contributed by atoms with Gasteiger partial charge in [0.15, 0.2) is 9.84 Å². The second kappa shape index (κ2) is 5.68. The Morgan fingerprint density at radius 1 is 1.36 bits per heavy atom. The molecule has 86 valence electrons. The van der Waals surface area contributed by atoms with E-state index in [-0.39, 0.29) is 17.0 Å². The summed E-state index contributed by atoms with van der Waals surface area (Å²) >= 11 is 0. The molecule has 0 unspecified atom stereocenters. The molecule has 0 aromatic heterocycles. The molecule has 1 N–H and O–H groups in total. The summed E-state index contributed by atoms with van der Waals surface area (Å²) in [7, 11) is -1.23. The molecule has 0 saturated heterocycles. The van der Waals surface area contributed by atoms with Crippen LogP contribution in [0.1, 0.15) is 20.8 Å². The van der Waals surface area contributed by atoms with Crippen molar-refractivity contribution in [2.45, 2.75) is 26.3 Å². The van der Waals surface area contributed by atoms with Gasteiger partial charge in [0.05, 0.1) is 12.4 Å². The highest BCUT2D eigenvalue weighted by Crippen LogP contribution is 2.01. The molecule has 5 heteroatoms. The van der Waals surface area contributed by atoms with Gasteiger partial charge in [0.1, 0.15) is 0 Å². The fourth-order valence-corrected chi connectivity index (χ4v) is 1.80. The number of rotatable bonds is 7. The molecule has 0 heterocycles. The maximum absolute atomic E-state index is 11.2. The van der Waals surface area contributed by atoms with Gasteiger partial charge in [-0.25, -0.2) is 8.42 Å². The average molecular weight is 223 g/mol. The van der Waals surface area contributed by atoms with Crippen LogP contribution in [0, 0.1) is 0 Å². The van der Waals surface area contributed by atoms with E-state index in [1.165, 1.54) is 0 Å². The van der Waals surface area contributed by atoms with Crippen molar-refractivity contribution in [2.75, 3.05) is 31.8 Å². The minimum atomic E-state index is -2.86. The molecule has 0 bridgehead atoms. The molecule has 4 nitrogen and oxygen atoms in total. The largest absolute Gasteiger partial charge is 0.383 e. The van der Waals surface area contributed by atoms with Crippen LogP contribution in [-0.2, 0) is 14.6 Å². The van der Waals surface area contributed by atoms with Gasteiger partial charge in [-0.3, -0.25) is 0 Å². The fourth-order valence-electron chi connectivity index (χ4n) is 1.10. The molecular formula is C9H21NO3S. The van der Waals surface area contributed by atoms with E-state index >= 15 is 0 Å². The molecule has 0 spiro atoms. The zero-order chi connectivity index (χ0) is 11.2. The van der Waals surface area contributed by atoms with E-state index in [0.717, 1.165) is 0 Å². The average Bonchev–Trinajstić information content (AvgIpc) is 2.03. The molecule has 0 aromatic rings. The van der Waals surface area contributed by atoms with Crippen LogP contribution >= 0.6 is 0 Å². The SMILES string of the molecule is CCS(=O)(=O)CCNC(C)(C)COC. The Morgan fingerprint density at radius 3 is 2.36 bits per heavy atom. The van der Waals surface area contributed by atoms with E-state index in [0.29, 0.717) is 13.2 Å². The van der Waals surface area contributed by atoms with Crippen molar-refractivity contribution in [2.24, 2.45) is 0 Å². The van der Waals surface area contributed by atoms with Crippen molar-refractivity contribution >= 4 is 9.84 Å². The minimum Gasteiger partial charge on any atom is -0.383 e. The molecule has 0 saturated carbocycles. The smallest absolute Gasteiger partial charge is 0.151 e. The van der Waals surface area contributed by atoms with Crippen LogP contribution in [0.4, 0.5) is 0 Å². The van der Waals surface area contributed by atoms with E-state index < -0.39 is 9.84 Å². The summed E-state index contributed by atoms with van der Waals surface area (Å²) < 4.78 is 27.3. The lowest BCUT2D eigenvalue weighted by Crippen LogP contribution is -2.45. The van der Waals surface area contributed by atoms with Gasteiger partial charge in [-0.15, -0.1) is 0 Å². The summed E-state index contributed by atoms with van der Waals surface area (Å²) in [5.41, 5.74) is -0.169. The summed E-state index contributed by atoms with van der Waals surface area (Å²) in [5.74, 6) is 0.399. The Hall–Kier alpha value is -0.130. The maximum atomic E-state index is 11.2. The van der Waals surface area contributed by atoms with E-state index in [2.05, 4.69) is 5.32 Å². The lowest BCUT2D eigenvalue weighted by atomic mass is 10.1. The number of sulfone groups is 1. The predicted octanol–water partition coefficient (Wildman–Crippen LogP) is 0.436. The molecule has 0 fully saturated rings. The van der Waals surface area contributed by atoms with E-state index in [4.69, 9.17) is 4.74 Å². The van der Waals surface area contributed by atoms with Crippen molar-refractivity contribution in [3.8, 4) is 0 Å². The quantitative estimate of drug-likeness (QED) is 0.680. The van der Waals surface area contributed by atoms with Gasteiger partial charge in [0.25, 0.3) is 0 Å². The Balaban J connectivity index is 3.85. The highest BCUT2D eigenvalue weighted by Gasteiger charge is 2.17. The summed E-state index contributed by atoms with van der Waals surface area (Å²) in [6.45, 7) is 6.67. The third-order valence-corrected chi connectivity index (χ3v) is 3.67. The molecule has 0 aliphatic heterocycles. The molecule has 14 heavy (non-hydrogen) atoms. The van der Waals surface area contributed by atoms with Gasteiger partial charge in [-0.05, 0) is 13.8 Å². The number of methoxy groups -OCH3 is 1. The van der Waals surface area contributed by atoms with Crippen LogP contribution in [-0.4, -0.2) is 45.7 Å². The zero-order valence-electron chi connectivity index (χ0n) is 9.46. The highest BCUT2D eigenvalue weighted by atomic mass is 32.2. The monoisotopic (exact) mass is 223 g/mol. The number of nitrogens with one attached hydrogen (secondary N) is 1. The topological polar surface area (TPSA) is 55.4 Å². The lowest BCUT2D eigenvalue weighted by molar-refractivity contribution is 0.130. The van der Waals surface area contributed by atoms with Gasteiger partial charge in [-0.2, -0.15) is 0 Å². The molecular weight excluding hydrogens is 202 g/mol. The van der Waals surface area contributed by atoms with Crippen LogP contribution in [0.2, 0.25) is 0 Å². The second-order valence-electron chi connectivity index (χ2n) is 3.98. The molecule has 0 atom stereocenters. The first-order valence-corrected chi connectivity index (χ1v) is 6.59. The molecule has 0 aromatic carbocycles. The first-order valence-electron chi connectivity index (χ1n) is 4.77. The van der Waals surface area contributed by atoms with Gasteiger partial charge in [-0.1, -0.05) is 6.92 Å². The van der Waals surface area contributed by atoms with Gasteiger partial charge >= 0.3 is 0 Å². The highest BCUT2D eigenvalue weighted by molar-refractivity contribution is 7.91. The number of ether oxygens (including phenoxy) is 1. The summed E-state index contributed by atoms with van der Waals surface area (Å²) in [6.07, 6.45) is 0. The van der Waals surface area contributed by atoms with Crippen LogP contribution in [0.3, 0.4) is 0 Å². The Bertz CT molecular complexity index is 247. The second-order valence-corrected chi connectivity index (χ2v) is 6.45.